The lowest BCUT2D eigenvalue weighted by Crippen LogP contribution is -2.48. The van der Waals surface area contributed by atoms with Gasteiger partial charge in [-0.05, 0) is 37.6 Å². The fourth-order valence-corrected chi connectivity index (χ4v) is 3.15. The standard InChI is InChI=1S/C14H17N3O2S/c1-9-7-15-5-4-10(9)17-13(18)12-8-16-14(20-12)11-3-2-6-19-11/h2-3,6,8-10,15H,4-5,7H2,1H3,(H,17,18). The molecule has 106 valence electrons. The van der Waals surface area contributed by atoms with Crippen molar-refractivity contribution in [1.82, 2.24) is 15.6 Å². The summed E-state index contributed by atoms with van der Waals surface area (Å²) in [6.45, 7) is 4.05. The molecule has 2 atom stereocenters. The molecule has 6 heteroatoms. The van der Waals surface area contributed by atoms with Crippen LogP contribution in [0.15, 0.2) is 29.0 Å². The van der Waals surface area contributed by atoms with Crippen LogP contribution in [0.5, 0.6) is 0 Å². The summed E-state index contributed by atoms with van der Waals surface area (Å²) in [5.41, 5.74) is 0. The van der Waals surface area contributed by atoms with Crippen LogP contribution in [0, 0.1) is 5.92 Å². The van der Waals surface area contributed by atoms with Gasteiger partial charge in [0.25, 0.3) is 5.91 Å². The van der Waals surface area contributed by atoms with Gasteiger partial charge in [0.1, 0.15) is 4.88 Å². The third-order valence-electron chi connectivity index (χ3n) is 3.56. The number of piperidine rings is 1. The molecule has 0 bridgehead atoms. The minimum absolute atomic E-state index is 0.0425. The van der Waals surface area contributed by atoms with Crippen molar-refractivity contribution in [2.45, 2.75) is 19.4 Å². The van der Waals surface area contributed by atoms with E-state index in [1.165, 1.54) is 11.3 Å². The number of hydrogen-bond acceptors (Lipinski definition) is 5. The van der Waals surface area contributed by atoms with Gasteiger partial charge in [0.05, 0.1) is 12.5 Å². The SMILES string of the molecule is CC1CNCCC1NC(=O)c1cnc(-c2ccco2)s1. The van der Waals surface area contributed by atoms with Crippen molar-refractivity contribution in [3.63, 3.8) is 0 Å². The monoisotopic (exact) mass is 291 g/mol. The zero-order chi connectivity index (χ0) is 13.9. The molecule has 1 amide bonds. The largest absolute Gasteiger partial charge is 0.462 e. The molecule has 1 aliphatic heterocycles. The molecular formula is C14H17N3O2S. The topological polar surface area (TPSA) is 67.2 Å². The predicted octanol–water partition coefficient (Wildman–Crippen LogP) is 2.13. The molecule has 0 aromatic carbocycles. The molecule has 2 aromatic rings. The number of nitrogens with one attached hydrogen (secondary N) is 2. The number of hydrogen-bond donors (Lipinski definition) is 2. The number of aromatic nitrogens is 1. The molecule has 0 radical (unpaired) electrons. The molecular weight excluding hydrogens is 274 g/mol. The fraction of sp³-hybridized carbons (Fsp3) is 0.429. The van der Waals surface area contributed by atoms with E-state index in [0.29, 0.717) is 16.6 Å². The van der Waals surface area contributed by atoms with Crippen LogP contribution in [0.1, 0.15) is 23.0 Å². The molecule has 1 fully saturated rings. The zero-order valence-electron chi connectivity index (χ0n) is 11.3. The summed E-state index contributed by atoms with van der Waals surface area (Å²) in [6.07, 6.45) is 4.19. The highest BCUT2D eigenvalue weighted by Gasteiger charge is 2.24. The van der Waals surface area contributed by atoms with E-state index in [2.05, 4.69) is 22.5 Å². The van der Waals surface area contributed by atoms with E-state index in [9.17, 15) is 4.79 Å². The van der Waals surface area contributed by atoms with Gasteiger partial charge in [0.15, 0.2) is 10.8 Å². The lowest BCUT2D eigenvalue weighted by Gasteiger charge is -2.29. The van der Waals surface area contributed by atoms with Gasteiger partial charge in [0, 0.05) is 6.04 Å². The third-order valence-corrected chi connectivity index (χ3v) is 4.57. The summed E-state index contributed by atoms with van der Waals surface area (Å²) >= 11 is 1.36. The van der Waals surface area contributed by atoms with E-state index < -0.39 is 0 Å². The highest BCUT2D eigenvalue weighted by Crippen LogP contribution is 2.25. The number of amides is 1. The molecule has 1 aliphatic rings. The second-order valence-electron chi connectivity index (χ2n) is 5.06. The van der Waals surface area contributed by atoms with Gasteiger partial charge in [-0.15, -0.1) is 11.3 Å². The average Bonchev–Trinajstić information content (AvgIpc) is 3.11. The van der Waals surface area contributed by atoms with E-state index in [1.54, 1.807) is 12.5 Å². The summed E-state index contributed by atoms with van der Waals surface area (Å²) in [6, 6.07) is 3.89. The van der Waals surface area contributed by atoms with Gasteiger partial charge < -0.3 is 15.1 Å². The summed E-state index contributed by atoms with van der Waals surface area (Å²) in [7, 11) is 0. The highest BCUT2D eigenvalue weighted by molar-refractivity contribution is 7.16. The van der Waals surface area contributed by atoms with Crippen LogP contribution in [0.4, 0.5) is 0 Å². The van der Waals surface area contributed by atoms with E-state index in [1.807, 2.05) is 12.1 Å². The van der Waals surface area contributed by atoms with Gasteiger partial charge in [-0.25, -0.2) is 4.98 Å². The lowest BCUT2D eigenvalue weighted by molar-refractivity contribution is 0.0918. The van der Waals surface area contributed by atoms with Gasteiger partial charge in [-0.2, -0.15) is 0 Å². The van der Waals surface area contributed by atoms with Gasteiger partial charge in [-0.3, -0.25) is 4.79 Å². The Bertz CT molecular complexity index is 579. The first kappa shape index (κ1) is 13.3. The Morgan fingerprint density at radius 1 is 1.60 bits per heavy atom. The predicted molar refractivity (Wildman–Crippen MR) is 77.7 cm³/mol. The number of nitrogens with zero attached hydrogens (tertiary/aromatic N) is 1. The van der Waals surface area contributed by atoms with Crippen molar-refractivity contribution in [3.8, 4) is 10.8 Å². The summed E-state index contributed by atoms with van der Waals surface area (Å²) in [5.74, 6) is 1.11. The molecule has 0 saturated carbocycles. The molecule has 3 heterocycles. The zero-order valence-corrected chi connectivity index (χ0v) is 12.1. The summed E-state index contributed by atoms with van der Waals surface area (Å²) < 4.78 is 5.29. The molecule has 2 aromatic heterocycles. The van der Waals surface area contributed by atoms with Gasteiger partial charge in [0.2, 0.25) is 0 Å². The Labute approximate surface area is 121 Å². The third kappa shape index (κ3) is 2.76. The maximum Gasteiger partial charge on any atom is 0.263 e. The van der Waals surface area contributed by atoms with Crippen molar-refractivity contribution in [2.24, 2.45) is 5.92 Å². The van der Waals surface area contributed by atoms with Crippen LogP contribution >= 0.6 is 11.3 Å². The summed E-state index contributed by atoms with van der Waals surface area (Å²) in [4.78, 5) is 17.1. The van der Waals surface area contributed by atoms with Crippen molar-refractivity contribution in [2.75, 3.05) is 13.1 Å². The lowest BCUT2D eigenvalue weighted by atomic mass is 9.95. The first-order valence-corrected chi connectivity index (χ1v) is 7.57. The van der Waals surface area contributed by atoms with Crippen LogP contribution in [-0.4, -0.2) is 30.0 Å². The molecule has 2 unspecified atom stereocenters. The average molecular weight is 291 g/mol. The number of carbonyl (C=O) groups is 1. The minimum Gasteiger partial charge on any atom is -0.462 e. The smallest absolute Gasteiger partial charge is 0.263 e. The number of furan rings is 1. The molecule has 20 heavy (non-hydrogen) atoms. The number of carbonyl (C=O) groups excluding carboxylic acids is 1. The highest BCUT2D eigenvalue weighted by atomic mass is 32.1. The molecule has 2 N–H and O–H groups in total. The molecule has 0 spiro atoms. The molecule has 3 rings (SSSR count). The van der Waals surface area contributed by atoms with Crippen molar-refractivity contribution < 1.29 is 9.21 Å². The maximum absolute atomic E-state index is 12.2. The quantitative estimate of drug-likeness (QED) is 0.909. The van der Waals surface area contributed by atoms with Crippen LogP contribution in [0.3, 0.4) is 0 Å². The van der Waals surface area contributed by atoms with Crippen LogP contribution in [-0.2, 0) is 0 Å². The first-order valence-electron chi connectivity index (χ1n) is 6.75. The van der Waals surface area contributed by atoms with Gasteiger partial charge in [-0.1, -0.05) is 6.92 Å². The number of rotatable bonds is 3. The van der Waals surface area contributed by atoms with Crippen LogP contribution < -0.4 is 10.6 Å². The Hall–Kier alpha value is -1.66. The minimum atomic E-state index is -0.0425. The summed E-state index contributed by atoms with van der Waals surface area (Å²) in [5, 5.41) is 7.17. The molecule has 1 saturated heterocycles. The fourth-order valence-electron chi connectivity index (χ4n) is 2.36. The second-order valence-corrected chi connectivity index (χ2v) is 6.09. The molecule has 5 nitrogen and oxygen atoms in total. The normalized spacial score (nSPS) is 22.6. The number of thiazole rings is 1. The van der Waals surface area contributed by atoms with Crippen LogP contribution in [0.25, 0.3) is 10.8 Å². The van der Waals surface area contributed by atoms with E-state index in [4.69, 9.17) is 4.42 Å². The Balaban J connectivity index is 1.68. The van der Waals surface area contributed by atoms with Crippen molar-refractivity contribution in [1.29, 1.82) is 0 Å². The Morgan fingerprint density at radius 2 is 2.50 bits per heavy atom. The van der Waals surface area contributed by atoms with Crippen molar-refractivity contribution >= 4 is 17.2 Å². The first-order chi connectivity index (χ1) is 9.74. The van der Waals surface area contributed by atoms with E-state index in [0.717, 1.165) is 24.5 Å². The second kappa shape index (κ2) is 5.76. The Morgan fingerprint density at radius 3 is 3.25 bits per heavy atom. The maximum atomic E-state index is 12.2. The molecule has 0 aliphatic carbocycles. The Kier molecular flexibility index (Phi) is 3.84. The van der Waals surface area contributed by atoms with Crippen molar-refractivity contribution in [3.05, 3.63) is 29.5 Å². The van der Waals surface area contributed by atoms with Crippen LogP contribution in [0.2, 0.25) is 0 Å². The van der Waals surface area contributed by atoms with E-state index in [-0.39, 0.29) is 11.9 Å². The van der Waals surface area contributed by atoms with Gasteiger partial charge >= 0.3 is 0 Å². The van der Waals surface area contributed by atoms with E-state index >= 15 is 0 Å².